The summed E-state index contributed by atoms with van der Waals surface area (Å²) in [6.07, 6.45) is 3.04. The topological polar surface area (TPSA) is 55.8 Å². The molecule has 0 amide bonds. The summed E-state index contributed by atoms with van der Waals surface area (Å²) in [6.45, 7) is 2.55. The van der Waals surface area contributed by atoms with E-state index in [1.807, 2.05) is 54.6 Å². The Kier molecular flexibility index (Phi) is 5.87. The maximum absolute atomic E-state index is 13.7. The average Bonchev–Trinajstić information content (AvgIpc) is 3.19. The van der Waals surface area contributed by atoms with Gasteiger partial charge in [-0.25, -0.2) is 0 Å². The van der Waals surface area contributed by atoms with Gasteiger partial charge in [-0.1, -0.05) is 104 Å². The van der Waals surface area contributed by atoms with Gasteiger partial charge in [0.25, 0.3) is 0 Å². The number of ketones is 1. The van der Waals surface area contributed by atoms with Gasteiger partial charge in [0.1, 0.15) is 17.3 Å². The highest BCUT2D eigenvalue weighted by molar-refractivity contribution is 5.94. The van der Waals surface area contributed by atoms with Crippen LogP contribution >= 0.6 is 0 Å². The molecule has 1 aliphatic carbocycles. The van der Waals surface area contributed by atoms with Crippen LogP contribution in [-0.4, -0.2) is 35.3 Å². The average molecular weight is 483 g/mol. The maximum Gasteiger partial charge on any atom is 0.193 e. The van der Waals surface area contributed by atoms with Gasteiger partial charge in [0.2, 0.25) is 0 Å². The largest absolute Gasteiger partial charge is 0.385 e. The zero-order valence-electron chi connectivity index (χ0n) is 20.8. The normalized spacial score (nSPS) is 31.7. The SMILES string of the molecule is C[C@@]12CCC[C@H](COC(c3ccccc3)(c3ccccc3)c3ccccc3)[C@]13O[C@@H](C[C@@H](O)C3=O)C2. The number of hydrogen-bond acceptors (Lipinski definition) is 4. The minimum absolute atomic E-state index is 0.0644. The molecule has 6 rings (SSSR count). The van der Waals surface area contributed by atoms with Crippen LogP contribution in [0.5, 0.6) is 0 Å². The predicted molar refractivity (Wildman–Crippen MR) is 138 cm³/mol. The fourth-order valence-corrected chi connectivity index (χ4v) is 7.41. The van der Waals surface area contributed by atoms with Crippen molar-refractivity contribution < 1.29 is 19.4 Å². The Morgan fingerprint density at radius 3 is 1.97 bits per heavy atom. The number of aliphatic hydroxyl groups is 1. The van der Waals surface area contributed by atoms with Crippen molar-refractivity contribution in [1.82, 2.24) is 0 Å². The molecule has 0 radical (unpaired) electrons. The molecule has 5 atom stereocenters. The number of Topliss-reactive ketones (excluding diaryl/α,β-unsaturated/α-hetero) is 1. The van der Waals surface area contributed by atoms with E-state index in [2.05, 4.69) is 43.3 Å². The summed E-state index contributed by atoms with van der Waals surface area (Å²) in [5.74, 6) is -0.268. The van der Waals surface area contributed by atoms with E-state index in [-0.39, 0.29) is 23.2 Å². The molecular weight excluding hydrogens is 448 g/mol. The van der Waals surface area contributed by atoms with Gasteiger partial charge in [0.15, 0.2) is 5.78 Å². The Morgan fingerprint density at radius 1 is 0.917 bits per heavy atom. The van der Waals surface area contributed by atoms with Gasteiger partial charge in [-0.2, -0.15) is 0 Å². The van der Waals surface area contributed by atoms with Crippen LogP contribution in [0.1, 0.15) is 55.7 Å². The Labute approximate surface area is 213 Å². The summed E-state index contributed by atoms with van der Waals surface area (Å²) in [5, 5.41) is 10.7. The van der Waals surface area contributed by atoms with Crippen LogP contribution < -0.4 is 0 Å². The Morgan fingerprint density at radius 2 is 1.44 bits per heavy atom. The summed E-state index contributed by atoms with van der Waals surface area (Å²) in [5.41, 5.74) is 1.02. The second-order valence-corrected chi connectivity index (χ2v) is 11.0. The first-order valence-corrected chi connectivity index (χ1v) is 13.2. The fourth-order valence-electron chi connectivity index (χ4n) is 7.41. The molecule has 36 heavy (non-hydrogen) atoms. The Bertz CT molecular complexity index is 1110. The standard InChI is InChI=1S/C32H34O4/c1-30-19-11-18-26(32(30)29(34)28(33)20-27(21-30)36-32)22-35-31(23-12-5-2-6-13-23,24-14-7-3-8-15-24)25-16-9-4-10-17-25/h2-10,12-17,26-28,33H,11,18-22H2,1H3/t26-,27+,28-,30+,32-/m1/s1. The molecule has 4 nitrogen and oxygen atoms in total. The molecule has 3 aromatic carbocycles. The summed E-state index contributed by atoms with van der Waals surface area (Å²) in [7, 11) is 0. The number of rotatable bonds is 6. The molecule has 1 saturated carbocycles. The molecular formula is C32H34O4. The van der Waals surface area contributed by atoms with E-state index in [0.29, 0.717) is 13.0 Å². The summed E-state index contributed by atoms with van der Waals surface area (Å²) < 4.78 is 13.7. The van der Waals surface area contributed by atoms with E-state index in [1.165, 1.54) is 0 Å². The van der Waals surface area contributed by atoms with Crippen LogP contribution in [0.3, 0.4) is 0 Å². The van der Waals surface area contributed by atoms with Crippen molar-refractivity contribution in [2.24, 2.45) is 11.3 Å². The van der Waals surface area contributed by atoms with Crippen LogP contribution in [-0.2, 0) is 19.9 Å². The van der Waals surface area contributed by atoms with Crippen LogP contribution in [0.25, 0.3) is 0 Å². The number of benzene rings is 3. The van der Waals surface area contributed by atoms with Crippen molar-refractivity contribution in [3.63, 3.8) is 0 Å². The highest BCUT2D eigenvalue weighted by atomic mass is 16.5. The highest BCUT2D eigenvalue weighted by Crippen LogP contribution is 2.61. The summed E-state index contributed by atoms with van der Waals surface area (Å²) >= 11 is 0. The fraction of sp³-hybridized carbons (Fsp3) is 0.406. The molecule has 3 aromatic rings. The second-order valence-electron chi connectivity index (χ2n) is 11.0. The van der Waals surface area contributed by atoms with Crippen molar-refractivity contribution >= 4 is 5.78 Å². The molecule has 2 aliphatic heterocycles. The first-order valence-electron chi connectivity index (χ1n) is 13.2. The Hall–Kier alpha value is -2.79. The van der Waals surface area contributed by atoms with Crippen molar-refractivity contribution in [1.29, 1.82) is 0 Å². The number of carbonyl (C=O) groups is 1. The lowest BCUT2D eigenvalue weighted by Gasteiger charge is -2.52. The molecule has 1 spiro atoms. The van der Waals surface area contributed by atoms with Crippen molar-refractivity contribution in [2.45, 2.75) is 62.4 Å². The lowest BCUT2D eigenvalue weighted by molar-refractivity contribution is -0.204. The Balaban J connectivity index is 1.46. The monoisotopic (exact) mass is 482 g/mol. The molecule has 0 unspecified atom stereocenters. The van der Waals surface area contributed by atoms with Crippen molar-refractivity contribution in [2.75, 3.05) is 6.61 Å². The van der Waals surface area contributed by atoms with Gasteiger partial charge < -0.3 is 14.6 Å². The van der Waals surface area contributed by atoms with E-state index in [4.69, 9.17) is 9.47 Å². The van der Waals surface area contributed by atoms with E-state index >= 15 is 0 Å². The van der Waals surface area contributed by atoms with Crippen LogP contribution in [0, 0.1) is 11.3 Å². The van der Waals surface area contributed by atoms with Crippen molar-refractivity contribution in [3.8, 4) is 0 Å². The van der Waals surface area contributed by atoms with E-state index in [1.54, 1.807) is 0 Å². The lowest BCUT2D eigenvalue weighted by atomic mass is 9.57. The zero-order valence-corrected chi connectivity index (χ0v) is 20.8. The molecule has 4 heteroatoms. The van der Waals surface area contributed by atoms with Gasteiger partial charge in [0.05, 0.1) is 12.7 Å². The zero-order chi connectivity index (χ0) is 24.8. The minimum atomic E-state index is -0.983. The lowest BCUT2D eigenvalue weighted by Crippen LogP contribution is -2.63. The molecule has 1 N–H and O–H groups in total. The van der Waals surface area contributed by atoms with Gasteiger partial charge in [-0.3, -0.25) is 4.79 Å². The van der Waals surface area contributed by atoms with E-state index < -0.39 is 17.3 Å². The number of carbonyl (C=O) groups excluding carboxylic acids is 1. The molecule has 3 aliphatic rings. The van der Waals surface area contributed by atoms with E-state index in [0.717, 1.165) is 42.4 Å². The second kappa shape index (κ2) is 8.95. The molecule has 2 saturated heterocycles. The van der Waals surface area contributed by atoms with Gasteiger partial charge >= 0.3 is 0 Å². The van der Waals surface area contributed by atoms with Crippen molar-refractivity contribution in [3.05, 3.63) is 108 Å². The van der Waals surface area contributed by atoms with Gasteiger partial charge in [-0.05, 0) is 36.0 Å². The van der Waals surface area contributed by atoms with Gasteiger partial charge in [0, 0.05) is 17.8 Å². The smallest absolute Gasteiger partial charge is 0.193 e. The molecule has 186 valence electrons. The first-order chi connectivity index (χ1) is 17.5. The maximum atomic E-state index is 13.7. The molecule has 3 fully saturated rings. The summed E-state index contributed by atoms with van der Waals surface area (Å²) in [6, 6.07) is 31.0. The number of fused-ring (bicyclic) bond motifs is 1. The third-order valence-electron chi connectivity index (χ3n) is 8.98. The summed E-state index contributed by atoms with van der Waals surface area (Å²) in [4.78, 5) is 13.7. The number of hydrogen-bond donors (Lipinski definition) is 1. The van der Waals surface area contributed by atoms with Gasteiger partial charge in [-0.15, -0.1) is 0 Å². The first kappa shape index (κ1) is 23.6. The minimum Gasteiger partial charge on any atom is -0.385 e. The third-order valence-corrected chi connectivity index (χ3v) is 8.98. The van der Waals surface area contributed by atoms with Crippen LogP contribution in [0.4, 0.5) is 0 Å². The third kappa shape index (κ3) is 3.42. The number of aliphatic hydroxyl groups excluding tert-OH is 1. The highest BCUT2D eigenvalue weighted by Gasteiger charge is 2.69. The quantitative estimate of drug-likeness (QED) is 0.461. The molecule has 0 aromatic heterocycles. The van der Waals surface area contributed by atoms with Crippen LogP contribution in [0.2, 0.25) is 0 Å². The molecule has 2 heterocycles. The van der Waals surface area contributed by atoms with Crippen LogP contribution in [0.15, 0.2) is 91.0 Å². The molecule has 2 bridgehead atoms. The number of ether oxygens (including phenoxy) is 2. The predicted octanol–water partition coefficient (Wildman–Crippen LogP) is 5.66. The van der Waals surface area contributed by atoms with E-state index in [9.17, 15) is 9.90 Å².